The molecule has 0 aliphatic heterocycles. The molecule has 1 heterocycles. The Kier molecular flexibility index (Phi) is 3.56. The second-order valence-electron chi connectivity index (χ2n) is 4.62. The predicted molar refractivity (Wildman–Crippen MR) is 77.9 cm³/mol. The molecule has 2 aromatic carbocycles. The van der Waals surface area contributed by atoms with E-state index in [1.165, 1.54) is 16.3 Å². The maximum atomic E-state index is 4.04. The highest BCUT2D eigenvalue weighted by atomic mass is 15.0. The van der Waals surface area contributed by atoms with Crippen LogP contribution in [0.15, 0.2) is 61.2 Å². The average molecular weight is 251 g/mol. The molecule has 0 amide bonds. The third-order valence-corrected chi connectivity index (χ3v) is 3.30. The molecule has 1 N–H and O–H groups in total. The van der Waals surface area contributed by atoms with Gasteiger partial charge in [-0.05, 0) is 16.3 Å². The zero-order valence-corrected chi connectivity index (χ0v) is 10.8. The number of benzene rings is 2. The second-order valence-corrected chi connectivity index (χ2v) is 4.62. The number of rotatable bonds is 5. The van der Waals surface area contributed by atoms with Crippen LogP contribution in [0, 0.1) is 0 Å². The van der Waals surface area contributed by atoms with Crippen molar-refractivity contribution < 1.29 is 0 Å². The Hall–Kier alpha value is -2.13. The summed E-state index contributed by atoms with van der Waals surface area (Å²) in [4.78, 5) is 4.04. The minimum absolute atomic E-state index is 0.899. The highest BCUT2D eigenvalue weighted by Gasteiger charge is 1.99. The first-order valence-electron chi connectivity index (χ1n) is 6.56. The van der Waals surface area contributed by atoms with E-state index >= 15 is 0 Å². The lowest BCUT2D eigenvalue weighted by molar-refractivity contribution is 0.598. The van der Waals surface area contributed by atoms with E-state index < -0.39 is 0 Å². The van der Waals surface area contributed by atoms with Crippen LogP contribution in [0.1, 0.15) is 5.56 Å². The lowest BCUT2D eigenvalue weighted by Crippen LogP contribution is -2.19. The van der Waals surface area contributed by atoms with E-state index in [-0.39, 0.29) is 0 Å². The van der Waals surface area contributed by atoms with E-state index in [4.69, 9.17) is 0 Å². The number of hydrogen-bond donors (Lipinski definition) is 1. The summed E-state index contributed by atoms with van der Waals surface area (Å²) in [6.07, 6.45) is 5.64. The molecule has 19 heavy (non-hydrogen) atoms. The Morgan fingerprint density at radius 2 is 1.95 bits per heavy atom. The van der Waals surface area contributed by atoms with Crippen molar-refractivity contribution in [3.63, 3.8) is 0 Å². The standard InChI is InChI=1S/C16H17N3/c1-2-7-16-14(4-1)5-3-6-15(16)12-17-8-10-19-11-9-18-13-19/h1-7,9,11,13,17H,8,10,12H2. The Morgan fingerprint density at radius 3 is 2.84 bits per heavy atom. The highest BCUT2D eigenvalue weighted by molar-refractivity contribution is 5.85. The summed E-state index contributed by atoms with van der Waals surface area (Å²) in [5.74, 6) is 0. The van der Waals surface area contributed by atoms with Crippen molar-refractivity contribution in [1.82, 2.24) is 14.9 Å². The van der Waals surface area contributed by atoms with Crippen LogP contribution in [0.4, 0.5) is 0 Å². The number of hydrogen-bond acceptors (Lipinski definition) is 2. The van der Waals surface area contributed by atoms with Crippen molar-refractivity contribution in [3.05, 3.63) is 66.7 Å². The third-order valence-electron chi connectivity index (χ3n) is 3.30. The molecular formula is C16H17N3. The van der Waals surface area contributed by atoms with Gasteiger partial charge in [-0.15, -0.1) is 0 Å². The first kappa shape index (κ1) is 11.9. The normalized spacial score (nSPS) is 10.9. The number of imidazole rings is 1. The smallest absolute Gasteiger partial charge is 0.0946 e. The van der Waals surface area contributed by atoms with E-state index in [2.05, 4.69) is 57.3 Å². The molecule has 3 heteroatoms. The Balaban J connectivity index is 1.62. The molecule has 3 aromatic rings. The quantitative estimate of drug-likeness (QED) is 0.707. The SMILES string of the molecule is c1ccc2c(CNCCn3ccnc3)cccc2c1. The Morgan fingerprint density at radius 1 is 1.05 bits per heavy atom. The van der Waals surface area contributed by atoms with Crippen LogP contribution in [0.5, 0.6) is 0 Å². The van der Waals surface area contributed by atoms with Gasteiger partial charge in [0.05, 0.1) is 6.33 Å². The van der Waals surface area contributed by atoms with E-state index in [1.807, 2.05) is 18.7 Å². The maximum absolute atomic E-state index is 4.04. The third kappa shape index (κ3) is 2.83. The molecular weight excluding hydrogens is 234 g/mol. The maximum Gasteiger partial charge on any atom is 0.0946 e. The van der Waals surface area contributed by atoms with Gasteiger partial charge < -0.3 is 9.88 Å². The minimum atomic E-state index is 0.899. The lowest BCUT2D eigenvalue weighted by atomic mass is 10.0. The lowest BCUT2D eigenvalue weighted by Gasteiger charge is -2.08. The van der Waals surface area contributed by atoms with Gasteiger partial charge >= 0.3 is 0 Å². The molecule has 0 bridgehead atoms. The Bertz CT molecular complexity index is 639. The molecule has 1 aromatic heterocycles. The zero-order chi connectivity index (χ0) is 12.9. The minimum Gasteiger partial charge on any atom is -0.336 e. The number of fused-ring (bicyclic) bond motifs is 1. The predicted octanol–water partition coefficient (Wildman–Crippen LogP) is 2.83. The van der Waals surface area contributed by atoms with Crippen molar-refractivity contribution in [1.29, 1.82) is 0 Å². The number of nitrogens with zero attached hydrogens (tertiary/aromatic N) is 2. The van der Waals surface area contributed by atoms with Crippen LogP contribution in [-0.2, 0) is 13.1 Å². The van der Waals surface area contributed by atoms with Gasteiger partial charge in [0.2, 0.25) is 0 Å². The van der Waals surface area contributed by atoms with Crippen LogP contribution in [-0.4, -0.2) is 16.1 Å². The second kappa shape index (κ2) is 5.67. The average Bonchev–Trinajstić information content (AvgIpc) is 2.97. The summed E-state index contributed by atoms with van der Waals surface area (Å²) in [7, 11) is 0. The molecule has 0 fully saturated rings. The largest absolute Gasteiger partial charge is 0.336 e. The van der Waals surface area contributed by atoms with Crippen molar-refractivity contribution in [3.8, 4) is 0 Å². The van der Waals surface area contributed by atoms with Crippen molar-refractivity contribution in [2.75, 3.05) is 6.54 Å². The van der Waals surface area contributed by atoms with Crippen LogP contribution >= 0.6 is 0 Å². The molecule has 0 atom stereocenters. The van der Waals surface area contributed by atoms with Gasteiger partial charge in [0.15, 0.2) is 0 Å². The van der Waals surface area contributed by atoms with Gasteiger partial charge in [0.25, 0.3) is 0 Å². The number of nitrogens with one attached hydrogen (secondary N) is 1. The fourth-order valence-electron chi connectivity index (χ4n) is 2.30. The Labute approximate surface area is 112 Å². The van der Waals surface area contributed by atoms with Gasteiger partial charge in [-0.2, -0.15) is 0 Å². The van der Waals surface area contributed by atoms with Gasteiger partial charge in [-0.25, -0.2) is 4.98 Å². The molecule has 0 saturated carbocycles. The molecule has 0 saturated heterocycles. The van der Waals surface area contributed by atoms with Crippen molar-refractivity contribution >= 4 is 10.8 Å². The van der Waals surface area contributed by atoms with Crippen molar-refractivity contribution in [2.24, 2.45) is 0 Å². The molecule has 0 spiro atoms. The molecule has 3 nitrogen and oxygen atoms in total. The van der Waals surface area contributed by atoms with Gasteiger partial charge in [0.1, 0.15) is 0 Å². The summed E-state index contributed by atoms with van der Waals surface area (Å²) in [5.41, 5.74) is 1.35. The summed E-state index contributed by atoms with van der Waals surface area (Å²) in [6, 6.07) is 15.0. The van der Waals surface area contributed by atoms with Crippen LogP contribution in [0.3, 0.4) is 0 Å². The first-order chi connectivity index (χ1) is 9.43. The molecule has 0 aliphatic rings. The van der Waals surface area contributed by atoms with E-state index in [9.17, 15) is 0 Å². The topological polar surface area (TPSA) is 29.9 Å². The number of aromatic nitrogens is 2. The van der Waals surface area contributed by atoms with E-state index in [1.54, 1.807) is 0 Å². The zero-order valence-electron chi connectivity index (χ0n) is 10.8. The molecule has 0 unspecified atom stereocenters. The molecule has 96 valence electrons. The summed E-state index contributed by atoms with van der Waals surface area (Å²) >= 11 is 0. The highest BCUT2D eigenvalue weighted by Crippen LogP contribution is 2.17. The fraction of sp³-hybridized carbons (Fsp3) is 0.188. The first-order valence-corrected chi connectivity index (χ1v) is 6.56. The molecule has 0 aliphatic carbocycles. The van der Waals surface area contributed by atoms with Crippen LogP contribution < -0.4 is 5.32 Å². The van der Waals surface area contributed by atoms with Gasteiger partial charge in [0, 0.05) is 32.0 Å². The monoisotopic (exact) mass is 251 g/mol. The van der Waals surface area contributed by atoms with Gasteiger partial charge in [-0.1, -0.05) is 42.5 Å². The van der Waals surface area contributed by atoms with Crippen molar-refractivity contribution in [2.45, 2.75) is 13.1 Å². The van der Waals surface area contributed by atoms with Gasteiger partial charge in [-0.3, -0.25) is 0 Å². The molecule has 3 rings (SSSR count). The fourth-order valence-corrected chi connectivity index (χ4v) is 2.30. The summed E-state index contributed by atoms with van der Waals surface area (Å²) in [6.45, 7) is 2.79. The molecule has 0 radical (unpaired) electrons. The summed E-state index contributed by atoms with van der Waals surface area (Å²) < 4.78 is 2.08. The summed E-state index contributed by atoms with van der Waals surface area (Å²) in [5, 5.41) is 6.12. The van der Waals surface area contributed by atoms with Crippen LogP contribution in [0.25, 0.3) is 10.8 Å². The van der Waals surface area contributed by atoms with E-state index in [0.29, 0.717) is 0 Å². The van der Waals surface area contributed by atoms with Crippen LogP contribution in [0.2, 0.25) is 0 Å². The van der Waals surface area contributed by atoms with E-state index in [0.717, 1.165) is 19.6 Å².